The average Bonchev–Trinajstić information content (AvgIpc) is 3.29. The van der Waals surface area contributed by atoms with Gasteiger partial charge in [-0.1, -0.05) is 6.07 Å². The van der Waals surface area contributed by atoms with E-state index in [2.05, 4.69) is 10.1 Å². The van der Waals surface area contributed by atoms with Crippen LogP contribution in [0.25, 0.3) is 11.3 Å². The van der Waals surface area contributed by atoms with Gasteiger partial charge in [-0.2, -0.15) is 5.10 Å². The zero-order valence-corrected chi connectivity index (χ0v) is 15.9. The number of hydrogen-bond donors (Lipinski definition) is 0. The van der Waals surface area contributed by atoms with Gasteiger partial charge in [-0.25, -0.2) is 4.68 Å². The molecular formula is C18H19N3O2S2. The number of hydrogen-bond acceptors (Lipinski definition) is 6. The lowest BCUT2D eigenvalue weighted by molar-refractivity contribution is 0.395. The summed E-state index contributed by atoms with van der Waals surface area (Å²) in [5.41, 5.74) is 1.88. The Morgan fingerprint density at radius 3 is 2.72 bits per heavy atom. The molecule has 1 aromatic carbocycles. The van der Waals surface area contributed by atoms with Gasteiger partial charge in [-0.05, 0) is 30.5 Å². The molecule has 0 aliphatic carbocycles. The van der Waals surface area contributed by atoms with Gasteiger partial charge in [0, 0.05) is 28.4 Å². The highest BCUT2D eigenvalue weighted by Gasteiger charge is 2.13. The van der Waals surface area contributed by atoms with E-state index in [4.69, 9.17) is 9.47 Å². The quantitative estimate of drug-likeness (QED) is 0.611. The van der Waals surface area contributed by atoms with Crippen molar-refractivity contribution in [3.05, 3.63) is 50.8 Å². The maximum atomic E-state index is 5.55. The highest BCUT2D eigenvalue weighted by molar-refractivity contribution is 7.11. The molecule has 0 saturated heterocycles. The molecule has 0 aliphatic heterocycles. The Morgan fingerprint density at radius 2 is 2.04 bits per heavy atom. The first kappa shape index (κ1) is 17.4. The van der Waals surface area contributed by atoms with E-state index in [1.54, 1.807) is 36.9 Å². The van der Waals surface area contributed by atoms with Gasteiger partial charge >= 0.3 is 0 Å². The van der Waals surface area contributed by atoms with Crippen LogP contribution in [0.2, 0.25) is 0 Å². The smallest absolute Gasteiger partial charge is 0.206 e. The molecule has 0 unspecified atom stereocenters. The van der Waals surface area contributed by atoms with Crippen LogP contribution in [0.1, 0.15) is 11.8 Å². The molecule has 0 bridgehead atoms. The first-order chi connectivity index (χ1) is 12.3. The van der Waals surface area contributed by atoms with Gasteiger partial charge in [-0.15, -0.1) is 22.7 Å². The lowest BCUT2D eigenvalue weighted by atomic mass is 10.1. The summed E-state index contributed by atoms with van der Waals surface area (Å²) in [6.45, 7) is 2.72. The van der Waals surface area contributed by atoms with Crippen molar-refractivity contribution < 1.29 is 9.47 Å². The van der Waals surface area contributed by atoms with Gasteiger partial charge in [-0.3, -0.25) is 4.99 Å². The molecule has 7 heteroatoms. The molecule has 3 rings (SSSR count). The lowest BCUT2D eigenvalue weighted by Crippen LogP contribution is -2.12. The Labute approximate surface area is 154 Å². The van der Waals surface area contributed by atoms with Crippen LogP contribution in [-0.4, -0.2) is 31.7 Å². The second-order valence-electron chi connectivity index (χ2n) is 5.02. The predicted octanol–water partition coefficient (Wildman–Crippen LogP) is 4.10. The minimum Gasteiger partial charge on any atom is -0.497 e. The van der Waals surface area contributed by atoms with E-state index in [-0.39, 0.29) is 0 Å². The van der Waals surface area contributed by atoms with Crippen LogP contribution in [0.15, 0.2) is 51.2 Å². The number of nitrogens with zero attached hydrogens (tertiary/aromatic N) is 3. The summed E-state index contributed by atoms with van der Waals surface area (Å²) in [5.74, 6) is 1.49. The fourth-order valence-corrected chi connectivity index (χ4v) is 3.80. The van der Waals surface area contributed by atoms with E-state index >= 15 is 0 Å². The Kier molecular flexibility index (Phi) is 5.67. The largest absolute Gasteiger partial charge is 0.497 e. The summed E-state index contributed by atoms with van der Waals surface area (Å²) in [6, 6.07) is 9.81. The third kappa shape index (κ3) is 3.83. The monoisotopic (exact) mass is 373 g/mol. The van der Waals surface area contributed by atoms with Crippen molar-refractivity contribution in [1.29, 1.82) is 0 Å². The summed E-state index contributed by atoms with van der Waals surface area (Å²) in [6.07, 6.45) is 1.85. The van der Waals surface area contributed by atoms with Crippen molar-refractivity contribution in [2.24, 2.45) is 10.1 Å². The lowest BCUT2D eigenvalue weighted by Gasteiger charge is -2.10. The molecule has 2 aromatic heterocycles. The molecular weight excluding hydrogens is 354 g/mol. The molecule has 2 heterocycles. The van der Waals surface area contributed by atoms with E-state index in [1.165, 1.54) is 0 Å². The Morgan fingerprint density at radius 1 is 1.16 bits per heavy atom. The summed E-state index contributed by atoms with van der Waals surface area (Å²) < 4.78 is 12.7. The number of thiophene rings is 1. The van der Waals surface area contributed by atoms with Crippen LogP contribution in [0.5, 0.6) is 11.5 Å². The zero-order chi connectivity index (χ0) is 17.6. The predicted molar refractivity (Wildman–Crippen MR) is 104 cm³/mol. The molecule has 0 aliphatic rings. The SMILES string of the molecule is CCN=c1scc(-c2ccc(OC)cc2OC)n1N=Cc1cccs1. The zero-order valence-electron chi connectivity index (χ0n) is 14.3. The van der Waals surface area contributed by atoms with E-state index in [1.807, 2.05) is 58.9 Å². The summed E-state index contributed by atoms with van der Waals surface area (Å²) in [4.78, 5) is 6.49. The standard InChI is InChI=1S/C18H19N3O2S2/c1-4-19-18-21(20-11-14-6-5-9-24-14)16(12-25-18)15-8-7-13(22-2)10-17(15)23-3/h5-12H,4H2,1-3H3. The summed E-state index contributed by atoms with van der Waals surface area (Å²) in [7, 11) is 3.30. The molecule has 5 nitrogen and oxygen atoms in total. The molecule has 0 fully saturated rings. The first-order valence-corrected chi connectivity index (χ1v) is 9.54. The van der Waals surface area contributed by atoms with Gasteiger partial charge in [0.05, 0.1) is 26.1 Å². The molecule has 0 amide bonds. The second kappa shape index (κ2) is 8.13. The van der Waals surface area contributed by atoms with Crippen molar-refractivity contribution in [3.63, 3.8) is 0 Å². The van der Waals surface area contributed by atoms with E-state index in [0.29, 0.717) is 6.54 Å². The maximum absolute atomic E-state index is 5.55. The molecule has 3 aromatic rings. The molecule has 0 saturated carbocycles. The van der Waals surface area contributed by atoms with E-state index in [9.17, 15) is 0 Å². The van der Waals surface area contributed by atoms with Gasteiger partial charge in [0.15, 0.2) is 0 Å². The molecule has 25 heavy (non-hydrogen) atoms. The Bertz CT molecular complexity index is 924. The minimum atomic E-state index is 0.703. The second-order valence-corrected chi connectivity index (χ2v) is 6.83. The minimum absolute atomic E-state index is 0.703. The highest BCUT2D eigenvalue weighted by Crippen LogP contribution is 2.33. The highest BCUT2D eigenvalue weighted by atomic mass is 32.1. The molecule has 0 N–H and O–H groups in total. The van der Waals surface area contributed by atoms with Gasteiger partial charge < -0.3 is 9.47 Å². The number of benzene rings is 1. The number of ether oxygens (including phenoxy) is 2. The van der Waals surface area contributed by atoms with Crippen LogP contribution in [0.4, 0.5) is 0 Å². The van der Waals surface area contributed by atoms with Crippen molar-refractivity contribution in [1.82, 2.24) is 4.68 Å². The van der Waals surface area contributed by atoms with Crippen molar-refractivity contribution >= 4 is 28.9 Å². The third-order valence-electron chi connectivity index (χ3n) is 3.51. The van der Waals surface area contributed by atoms with E-state index in [0.717, 1.165) is 32.4 Å². The number of rotatable bonds is 6. The average molecular weight is 374 g/mol. The summed E-state index contributed by atoms with van der Waals surface area (Å²) in [5, 5.41) is 8.73. The normalized spacial score (nSPS) is 12.0. The third-order valence-corrected chi connectivity index (χ3v) is 5.17. The Balaban J connectivity index is 2.12. The number of thiazole rings is 1. The van der Waals surface area contributed by atoms with Crippen molar-refractivity contribution in [2.45, 2.75) is 6.92 Å². The van der Waals surface area contributed by atoms with Gasteiger partial charge in [0.2, 0.25) is 4.80 Å². The maximum Gasteiger partial charge on any atom is 0.206 e. The Hall–Kier alpha value is -2.38. The van der Waals surface area contributed by atoms with E-state index < -0.39 is 0 Å². The molecule has 130 valence electrons. The number of aromatic nitrogens is 1. The fraction of sp³-hybridized carbons (Fsp3) is 0.222. The van der Waals surface area contributed by atoms with Crippen LogP contribution in [-0.2, 0) is 0 Å². The molecule has 0 atom stereocenters. The van der Waals surface area contributed by atoms with Gasteiger partial charge in [0.25, 0.3) is 0 Å². The number of methoxy groups -OCH3 is 2. The summed E-state index contributed by atoms with van der Waals surface area (Å²) >= 11 is 3.21. The topological polar surface area (TPSA) is 48.1 Å². The van der Waals surface area contributed by atoms with Crippen LogP contribution >= 0.6 is 22.7 Å². The first-order valence-electron chi connectivity index (χ1n) is 7.78. The molecule has 0 spiro atoms. The van der Waals surface area contributed by atoms with Crippen LogP contribution in [0.3, 0.4) is 0 Å². The fourth-order valence-electron chi connectivity index (χ4n) is 2.33. The van der Waals surface area contributed by atoms with Gasteiger partial charge in [0.1, 0.15) is 11.5 Å². The van der Waals surface area contributed by atoms with Crippen molar-refractivity contribution in [2.75, 3.05) is 20.8 Å². The van der Waals surface area contributed by atoms with Crippen LogP contribution in [0, 0.1) is 0 Å². The van der Waals surface area contributed by atoms with Crippen LogP contribution < -0.4 is 14.3 Å². The van der Waals surface area contributed by atoms with Crippen molar-refractivity contribution in [3.8, 4) is 22.8 Å². The molecule has 0 radical (unpaired) electrons.